The molecule has 1 aliphatic rings. The molecule has 0 radical (unpaired) electrons. The van der Waals surface area contributed by atoms with E-state index in [0.29, 0.717) is 11.4 Å². The SMILES string of the molecule is COc1ccc(NC(=O)C2C(=O)CC(c3ccccc3)OC2=O)cc1. The summed E-state index contributed by atoms with van der Waals surface area (Å²) in [5.74, 6) is -2.77. The molecule has 128 valence electrons. The molecule has 2 aromatic carbocycles. The number of methoxy groups -OCH3 is 1. The molecular formula is C19H17NO5. The largest absolute Gasteiger partial charge is 0.497 e. The lowest BCUT2D eigenvalue weighted by Gasteiger charge is -2.26. The number of carbonyl (C=O) groups is 3. The van der Waals surface area contributed by atoms with E-state index in [1.165, 1.54) is 7.11 Å². The van der Waals surface area contributed by atoms with Crippen LogP contribution < -0.4 is 10.1 Å². The van der Waals surface area contributed by atoms with Gasteiger partial charge in [-0.15, -0.1) is 0 Å². The summed E-state index contributed by atoms with van der Waals surface area (Å²) in [6, 6.07) is 15.6. The Morgan fingerprint density at radius 1 is 1.08 bits per heavy atom. The molecule has 25 heavy (non-hydrogen) atoms. The van der Waals surface area contributed by atoms with Crippen molar-refractivity contribution in [2.75, 3.05) is 12.4 Å². The van der Waals surface area contributed by atoms with E-state index < -0.39 is 29.7 Å². The molecule has 0 aromatic heterocycles. The molecule has 6 nitrogen and oxygen atoms in total. The number of Topliss-reactive ketones (excluding diaryl/α,β-unsaturated/α-hetero) is 1. The van der Waals surface area contributed by atoms with Crippen LogP contribution in [-0.4, -0.2) is 24.8 Å². The van der Waals surface area contributed by atoms with Crippen LogP contribution in [-0.2, 0) is 19.1 Å². The number of ether oxygens (including phenoxy) is 2. The predicted octanol–water partition coefficient (Wildman–Crippen LogP) is 2.51. The van der Waals surface area contributed by atoms with E-state index in [2.05, 4.69) is 5.32 Å². The van der Waals surface area contributed by atoms with Gasteiger partial charge in [0.2, 0.25) is 5.91 Å². The minimum absolute atomic E-state index is 0.0174. The highest BCUT2D eigenvalue weighted by molar-refractivity contribution is 6.21. The molecule has 1 aliphatic heterocycles. The van der Waals surface area contributed by atoms with Gasteiger partial charge >= 0.3 is 5.97 Å². The predicted molar refractivity (Wildman–Crippen MR) is 90.0 cm³/mol. The van der Waals surface area contributed by atoms with Crippen molar-refractivity contribution in [1.82, 2.24) is 0 Å². The van der Waals surface area contributed by atoms with Gasteiger partial charge < -0.3 is 14.8 Å². The van der Waals surface area contributed by atoms with Gasteiger partial charge in [-0.25, -0.2) is 0 Å². The van der Waals surface area contributed by atoms with E-state index in [4.69, 9.17) is 9.47 Å². The number of amides is 1. The van der Waals surface area contributed by atoms with Gasteiger partial charge in [0.05, 0.1) is 7.11 Å². The quantitative estimate of drug-likeness (QED) is 0.684. The Hall–Kier alpha value is -3.15. The zero-order chi connectivity index (χ0) is 17.8. The Morgan fingerprint density at radius 3 is 2.36 bits per heavy atom. The molecule has 0 spiro atoms. The molecule has 1 amide bonds. The first-order valence-electron chi connectivity index (χ1n) is 7.81. The summed E-state index contributed by atoms with van der Waals surface area (Å²) < 4.78 is 10.3. The van der Waals surface area contributed by atoms with Gasteiger partial charge in [0.1, 0.15) is 11.9 Å². The van der Waals surface area contributed by atoms with Gasteiger partial charge in [-0.3, -0.25) is 14.4 Å². The van der Waals surface area contributed by atoms with Crippen molar-refractivity contribution in [3.63, 3.8) is 0 Å². The fourth-order valence-electron chi connectivity index (χ4n) is 2.68. The number of cyclic esters (lactones) is 1. The number of anilines is 1. The standard InChI is InChI=1S/C19H17NO5/c1-24-14-9-7-13(8-10-14)20-18(22)17-15(21)11-16(25-19(17)23)12-5-3-2-4-6-12/h2-10,16-17H,11H2,1H3,(H,20,22). The number of benzene rings is 2. The second-order valence-electron chi connectivity index (χ2n) is 5.66. The maximum Gasteiger partial charge on any atom is 0.326 e. The molecule has 2 aromatic rings. The lowest BCUT2D eigenvalue weighted by Crippen LogP contribution is -2.42. The highest BCUT2D eigenvalue weighted by Crippen LogP contribution is 2.30. The first kappa shape index (κ1) is 16.7. The highest BCUT2D eigenvalue weighted by atomic mass is 16.5. The third kappa shape index (κ3) is 3.68. The molecule has 3 rings (SSSR count). The highest BCUT2D eigenvalue weighted by Gasteiger charge is 2.42. The number of hydrogen-bond donors (Lipinski definition) is 1. The number of esters is 1. The van der Waals surface area contributed by atoms with E-state index in [1.54, 1.807) is 48.5 Å². The van der Waals surface area contributed by atoms with Crippen LogP contribution in [0.4, 0.5) is 5.69 Å². The van der Waals surface area contributed by atoms with Crippen LogP contribution in [0.1, 0.15) is 18.1 Å². The third-order valence-corrected chi connectivity index (χ3v) is 3.99. The Kier molecular flexibility index (Phi) is 4.79. The van der Waals surface area contributed by atoms with Gasteiger partial charge in [0.15, 0.2) is 11.7 Å². The van der Waals surface area contributed by atoms with Crippen LogP contribution in [0.5, 0.6) is 5.75 Å². The van der Waals surface area contributed by atoms with Crippen molar-refractivity contribution in [2.45, 2.75) is 12.5 Å². The zero-order valence-electron chi connectivity index (χ0n) is 13.6. The van der Waals surface area contributed by atoms with E-state index in [9.17, 15) is 14.4 Å². The molecule has 0 bridgehead atoms. The van der Waals surface area contributed by atoms with Crippen LogP contribution in [0.2, 0.25) is 0 Å². The number of ketones is 1. The van der Waals surface area contributed by atoms with Crippen molar-refractivity contribution in [3.8, 4) is 5.75 Å². The van der Waals surface area contributed by atoms with Gasteiger partial charge in [-0.05, 0) is 29.8 Å². The van der Waals surface area contributed by atoms with Crippen molar-refractivity contribution < 1.29 is 23.9 Å². The molecule has 1 N–H and O–H groups in total. The van der Waals surface area contributed by atoms with Crippen LogP contribution >= 0.6 is 0 Å². The number of hydrogen-bond acceptors (Lipinski definition) is 5. The summed E-state index contributed by atoms with van der Waals surface area (Å²) in [6.07, 6.45) is -0.664. The normalized spacial score (nSPS) is 19.9. The molecular weight excluding hydrogens is 322 g/mol. The molecule has 0 saturated carbocycles. The number of carbonyl (C=O) groups excluding carboxylic acids is 3. The lowest BCUT2D eigenvalue weighted by molar-refractivity contribution is -0.166. The minimum atomic E-state index is -1.44. The fraction of sp³-hybridized carbons (Fsp3) is 0.211. The maximum atomic E-state index is 12.3. The smallest absolute Gasteiger partial charge is 0.326 e. The number of rotatable bonds is 4. The number of nitrogens with one attached hydrogen (secondary N) is 1. The van der Waals surface area contributed by atoms with Gasteiger partial charge in [0.25, 0.3) is 0 Å². The molecule has 1 saturated heterocycles. The molecule has 6 heteroatoms. The molecule has 2 atom stereocenters. The molecule has 1 fully saturated rings. The van der Waals surface area contributed by atoms with Crippen molar-refractivity contribution in [3.05, 3.63) is 60.2 Å². The summed E-state index contributed by atoms with van der Waals surface area (Å²) in [7, 11) is 1.54. The van der Waals surface area contributed by atoms with Crippen molar-refractivity contribution in [2.24, 2.45) is 5.92 Å². The average Bonchev–Trinajstić information content (AvgIpc) is 2.62. The second kappa shape index (κ2) is 7.17. The van der Waals surface area contributed by atoms with Gasteiger partial charge in [-0.2, -0.15) is 0 Å². The summed E-state index contributed by atoms with van der Waals surface area (Å²) in [6.45, 7) is 0. The van der Waals surface area contributed by atoms with Crippen LogP contribution in [0.25, 0.3) is 0 Å². The first-order chi connectivity index (χ1) is 12.1. The van der Waals surface area contributed by atoms with Crippen molar-refractivity contribution in [1.29, 1.82) is 0 Å². The summed E-state index contributed by atoms with van der Waals surface area (Å²) in [4.78, 5) is 36.9. The molecule has 2 unspecified atom stereocenters. The molecule has 0 aliphatic carbocycles. The Bertz CT molecular complexity index is 767. The maximum absolute atomic E-state index is 12.3. The third-order valence-electron chi connectivity index (χ3n) is 3.99. The van der Waals surface area contributed by atoms with E-state index >= 15 is 0 Å². The van der Waals surface area contributed by atoms with Gasteiger partial charge in [0, 0.05) is 12.1 Å². The fourth-order valence-corrected chi connectivity index (χ4v) is 2.68. The second-order valence-corrected chi connectivity index (χ2v) is 5.66. The van der Waals surface area contributed by atoms with Crippen LogP contribution in [0.3, 0.4) is 0 Å². The van der Waals surface area contributed by atoms with Crippen molar-refractivity contribution >= 4 is 23.3 Å². The summed E-state index contributed by atoms with van der Waals surface area (Å²) >= 11 is 0. The zero-order valence-corrected chi connectivity index (χ0v) is 13.6. The Morgan fingerprint density at radius 2 is 1.76 bits per heavy atom. The minimum Gasteiger partial charge on any atom is -0.497 e. The van der Waals surface area contributed by atoms with Gasteiger partial charge in [-0.1, -0.05) is 30.3 Å². The first-order valence-corrected chi connectivity index (χ1v) is 7.81. The topological polar surface area (TPSA) is 81.7 Å². The lowest BCUT2D eigenvalue weighted by atomic mass is 9.92. The monoisotopic (exact) mass is 339 g/mol. The van der Waals surface area contributed by atoms with E-state index in [1.807, 2.05) is 6.07 Å². The Labute approximate surface area is 144 Å². The Balaban J connectivity index is 1.69. The summed E-state index contributed by atoms with van der Waals surface area (Å²) in [5, 5.41) is 2.56. The molecule has 1 heterocycles. The summed E-state index contributed by atoms with van der Waals surface area (Å²) in [5.41, 5.74) is 1.20. The van der Waals surface area contributed by atoms with E-state index in [-0.39, 0.29) is 6.42 Å². The van der Waals surface area contributed by atoms with Crippen LogP contribution in [0.15, 0.2) is 54.6 Å². The average molecular weight is 339 g/mol. The van der Waals surface area contributed by atoms with E-state index in [0.717, 1.165) is 5.56 Å². The van der Waals surface area contributed by atoms with Crippen LogP contribution in [0, 0.1) is 5.92 Å².